The summed E-state index contributed by atoms with van der Waals surface area (Å²) < 4.78 is 0. The number of rotatable bonds is 4. The number of nitrogens with one attached hydrogen (secondary N) is 1. The van der Waals surface area contributed by atoms with Crippen LogP contribution < -0.4 is 5.32 Å². The molecule has 3 rings (SSSR count). The van der Waals surface area contributed by atoms with Crippen molar-refractivity contribution in [2.45, 2.75) is 32.4 Å². The molecule has 0 aliphatic carbocycles. The van der Waals surface area contributed by atoms with Gasteiger partial charge < -0.3 is 15.3 Å². The highest BCUT2D eigenvalue weighted by molar-refractivity contribution is 5.74. The summed E-state index contributed by atoms with van der Waals surface area (Å²) in [6, 6.07) is 11.5. The van der Waals surface area contributed by atoms with Crippen LogP contribution in [0.1, 0.15) is 36.0 Å². The lowest BCUT2D eigenvalue weighted by Gasteiger charge is -2.34. The molecule has 1 saturated heterocycles. The second-order valence-corrected chi connectivity index (χ2v) is 6.43. The van der Waals surface area contributed by atoms with Crippen LogP contribution in [0.2, 0.25) is 0 Å². The number of likely N-dealkylation sites (tertiary alicyclic amines) is 1. The highest BCUT2D eigenvalue weighted by Crippen LogP contribution is 2.30. The molecular formula is C19H24N4O2. The molecular weight excluding hydrogens is 316 g/mol. The summed E-state index contributed by atoms with van der Waals surface area (Å²) in [7, 11) is 0. The molecule has 6 nitrogen and oxygen atoms in total. The van der Waals surface area contributed by atoms with E-state index in [2.05, 4.69) is 15.3 Å². The Labute approximate surface area is 147 Å². The van der Waals surface area contributed by atoms with Crippen LogP contribution >= 0.6 is 0 Å². The summed E-state index contributed by atoms with van der Waals surface area (Å²) in [5, 5.41) is 13.4. The molecule has 0 radical (unpaired) electrons. The first-order valence-electron chi connectivity index (χ1n) is 8.68. The molecule has 6 heteroatoms. The zero-order valence-electron chi connectivity index (χ0n) is 14.4. The molecule has 25 heavy (non-hydrogen) atoms. The van der Waals surface area contributed by atoms with Crippen molar-refractivity contribution in [1.29, 1.82) is 0 Å². The maximum Gasteiger partial charge on any atom is 0.317 e. The smallest absolute Gasteiger partial charge is 0.317 e. The van der Waals surface area contributed by atoms with Crippen LogP contribution in [0.3, 0.4) is 0 Å². The number of amides is 2. The van der Waals surface area contributed by atoms with E-state index in [1.165, 1.54) is 0 Å². The van der Waals surface area contributed by atoms with Crippen molar-refractivity contribution in [3.63, 3.8) is 0 Å². The molecule has 2 aromatic rings. The van der Waals surface area contributed by atoms with E-state index in [1.54, 1.807) is 12.3 Å². The van der Waals surface area contributed by atoms with Gasteiger partial charge in [0.1, 0.15) is 5.82 Å². The number of carbonyl (C=O) groups is 1. The summed E-state index contributed by atoms with van der Waals surface area (Å²) in [5.74, 6) is 0.887. The molecule has 1 aliphatic heterocycles. The molecule has 1 aromatic carbocycles. The lowest BCUT2D eigenvalue weighted by Crippen LogP contribution is -2.45. The second-order valence-electron chi connectivity index (χ2n) is 6.43. The van der Waals surface area contributed by atoms with Gasteiger partial charge in [0.2, 0.25) is 0 Å². The Kier molecular flexibility index (Phi) is 5.60. The molecule has 2 N–H and O–H groups in total. The summed E-state index contributed by atoms with van der Waals surface area (Å²) >= 11 is 0. The zero-order valence-corrected chi connectivity index (χ0v) is 14.4. The summed E-state index contributed by atoms with van der Waals surface area (Å²) in [5.41, 5.74) is 1.75. The Morgan fingerprint density at radius 1 is 1.28 bits per heavy atom. The van der Waals surface area contributed by atoms with Crippen molar-refractivity contribution < 1.29 is 9.90 Å². The highest BCUT2D eigenvalue weighted by Gasteiger charge is 2.28. The van der Waals surface area contributed by atoms with Crippen LogP contribution in [0.5, 0.6) is 0 Å². The predicted molar refractivity (Wildman–Crippen MR) is 94.7 cm³/mol. The van der Waals surface area contributed by atoms with E-state index in [0.717, 1.165) is 24.1 Å². The van der Waals surface area contributed by atoms with Crippen molar-refractivity contribution in [3.8, 4) is 0 Å². The normalized spacial score (nSPS) is 16.5. The quantitative estimate of drug-likeness (QED) is 0.896. The Morgan fingerprint density at radius 2 is 2.00 bits per heavy atom. The van der Waals surface area contributed by atoms with E-state index in [9.17, 15) is 9.90 Å². The van der Waals surface area contributed by atoms with Crippen molar-refractivity contribution in [3.05, 3.63) is 59.7 Å². The number of aliphatic hydroxyl groups excluding tert-OH is 1. The summed E-state index contributed by atoms with van der Waals surface area (Å²) in [6.07, 6.45) is 2.84. The Morgan fingerprint density at radius 3 is 2.68 bits per heavy atom. The van der Waals surface area contributed by atoms with Crippen LogP contribution in [0, 0.1) is 12.8 Å². The average Bonchev–Trinajstić information content (AvgIpc) is 2.66. The molecule has 1 aliphatic rings. The average molecular weight is 340 g/mol. The van der Waals surface area contributed by atoms with Crippen LogP contribution in [-0.2, 0) is 6.54 Å². The topological polar surface area (TPSA) is 78.4 Å². The SMILES string of the molecule is Cc1nccc(CNC(=O)N2CCC(C(O)c3ccccc3)CC2)n1. The van der Waals surface area contributed by atoms with Gasteiger partial charge in [-0.3, -0.25) is 0 Å². The Bertz CT molecular complexity index is 700. The van der Waals surface area contributed by atoms with Crippen molar-refractivity contribution in [2.75, 3.05) is 13.1 Å². The molecule has 2 amide bonds. The van der Waals surface area contributed by atoms with Crippen LogP contribution in [0.15, 0.2) is 42.6 Å². The van der Waals surface area contributed by atoms with Gasteiger partial charge in [-0.1, -0.05) is 30.3 Å². The van der Waals surface area contributed by atoms with Crippen molar-refractivity contribution >= 4 is 6.03 Å². The highest BCUT2D eigenvalue weighted by atomic mass is 16.3. The van der Waals surface area contributed by atoms with Gasteiger partial charge in [-0.25, -0.2) is 14.8 Å². The Balaban J connectivity index is 1.47. The number of aliphatic hydroxyl groups is 1. The molecule has 2 heterocycles. The van der Waals surface area contributed by atoms with Crippen LogP contribution in [-0.4, -0.2) is 39.1 Å². The zero-order chi connectivity index (χ0) is 17.6. The van der Waals surface area contributed by atoms with E-state index >= 15 is 0 Å². The van der Waals surface area contributed by atoms with Crippen LogP contribution in [0.25, 0.3) is 0 Å². The number of nitrogens with zero attached hydrogens (tertiary/aromatic N) is 3. The number of aromatic nitrogens is 2. The van der Waals surface area contributed by atoms with Gasteiger partial charge in [-0.15, -0.1) is 0 Å². The second kappa shape index (κ2) is 8.07. The number of piperidine rings is 1. The van der Waals surface area contributed by atoms with E-state index < -0.39 is 6.10 Å². The van der Waals surface area contributed by atoms with Crippen LogP contribution in [0.4, 0.5) is 4.79 Å². The molecule has 0 bridgehead atoms. The molecule has 0 saturated carbocycles. The monoisotopic (exact) mass is 340 g/mol. The molecule has 132 valence electrons. The molecule has 0 spiro atoms. The largest absolute Gasteiger partial charge is 0.388 e. The van der Waals surface area contributed by atoms with Gasteiger partial charge in [-0.2, -0.15) is 0 Å². The Hall–Kier alpha value is -2.47. The lowest BCUT2D eigenvalue weighted by atomic mass is 9.87. The third kappa shape index (κ3) is 4.54. The molecule has 1 fully saturated rings. The maximum absolute atomic E-state index is 12.3. The van der Waals surface area contributed by atoms with Gasteiger partial charge >= 0.3 is 6.03 Å². The van der Waals surface area contributed by atoms with Crippen molar-refractivity contribution in [2.24, 2.45) is 5.92 Å². The van der Waals surface area contributed by atoms with Gasteiger partial charge in [0.25, 0.3) is 0 Å². The molecule has 1 unspecified atom stereocenters. The summed E-state index contributed by atoms with van der Waals surface area (Å²) in [4.78, 5) is 22.4. The molecule has 1 aromatic heterocycles. The fraction of sp³-hybridized carbons (Fsp3) is 0.421. The third-order valence-electron chi connectivity index (χ3n) is 4.67. The van der Waals surface area contributed by atoms with E-state index in [4.69, 9.17) is 0 Å². The first-order valence-corrected chi connectivity index (χ1v) is 8.68. The minimum atomic E-state index is -0.463. The van der Waals surface area contributed by atoms with E-state index in [-0.39, 0.29) is 11.9 Å². The number of hydrogen-bond donors (Lipinski definition) is 2. The summed E-state index contributed by atoms with van der Waals surface area (Å²) in [6.45, 7) is 3.54. The number of carbonyl (C=O) groups excluding carboxylic acids is 1. The first kappa shape index (κ1) is 17.4. The number of benzene rings is 1. The molecule has 1 atom stereocenters. The van der Waals surface area contributed by atoms with Gasteiger partial charge in [-0.05, 0) is 37.3 Å². The van der Waals surface area contributed by atoms with E-state index in [1.807, 2.05) is 42.2 Å². The van der Waals surface area contributed by atoms with Crippen molar-refractivity contribution in [1.82, 2.24) is 20.2 Å². The number of urea groups is 1. The minimum absolute atomic E-state index is 0.0797. The van der Waals surface area contributed by atoms with Gasteiger partial charge in [0.15, 0.2) is 0 Å². The number of hydrogen-bond acceptors (Lipinski definition) is 4. The number of aryl methyl sites for hydroxylation is 1. The fourth-order valence-corrected chi connectivity index (χ4v) is 3.22. The first-order chi connectivity index (χ1) is 12.1. The van der Waals surface area contributed by atoms with E-state index in [0.29, 0.717) is 25.5 Å². The third-order valence-corrected chi connectivity index (χ3v) is 4.67. The predicted octanol–water partition coefficient (Wildman–Crippen LogP) is 2.44. The van der Waals surface area contributed by atoms with Gasteiger partial charge in [0, 0.05) is 19.3 Å². The van der Waals surface area contributed by atoms with Gasteiger partial charge in [0.05, 0.1) is 18.3 Å². The fourth-order valence-electron chi connectivity index (χ4n) is 3.22. The standard InChI is InChI=1S/C19H24N4O2/c1-14-20-10-7-17(22-14)13-21-19(25)23-11-8-16(9-12-23)18(24)15-5-3-2-4-6-15/h2-7,10,16,18,24H,8-9,11-13H2,1H3,(H,21,25). The minimum Gasteiger partial charge on any atom is -0.388 e. The lowest BCUT2D eigenvalue weighted by molar-refractivity contribution is 0.0665. The maximum atomic E-state index is 12.3.